The van der Waals surface area contributed by atoms with E-state index in [0.29, 0.717) is 0 Å². The van der Waals surface area contributed by atoms with Crippen molar-refractivity contribution in [1.82, 2.24) is 4.98 Å². The molecule has 1 atom stereocenters. The van der Waals surface area contributed by atoms with Gasteiger partial charge in [0.15, 0.2) is 0 Å². The van der Waals surface area contributed by atoms with Crippen LogP contribution in [0.1, 0.15) is 17.8 Å². The minimum absolute atomic E-state index is 0.230. The summed E-state index contributed by atoms with van der Waals surface area (Å²) < 4.78 is 39.9. The van der Waals surface area contributed by atoms with Gasteiger partial charge in [-0.25, -0.2) is 4.98 Å². The van der Waals surface area contributed by atoms with E-state index in [1.54, 1.807) is 0 Å². The molecular formula is C6H6F3NO2. The van der Waals surface area contributed by atoms with Gasteiger partial charge < -0.3 is 9.52 Å². The molecule has 0 radical (unpaired) electrons. The van der Waals surface area contributed by atoms with Gasteiger partial charge >= 0.3 is 6.18 Å². The highest BCUT2D eigenvalue weighted by atomic mass is 19.4. The lowest BCUT2D eigenvalue weighted by Crippen LogP contribution is -2.20. The first kappa shape index (κ1) is 9.05. The summed E-state index contributed by atoms with van der Waals surface area (Å²) in [5, 5.41) is 8.59. The van der Waals surface area contributed by atoms with Gasteiger partial charge in [-0.15, -0.1) is 0 Å². The summed E-state index contributed by atoms with van der Waals surface area (Å²) in [6.45, 7) is 1.44. The smallest absolute Gasteiger partial charge is 0.423 e. The Labute approximate surface area is 65.8 Å². The monoisotopic (exact) mass is 181 g/mol. The van der Waals surface area contributed by atoms with Crippen LogP contribution in [-0.2, 0) is 0 Å². The van der Waals surface area contributed by atoms with E-state index >= 15 is 0 Å². The molecule has 0 spiro atoms. The molecule has 1 unspecified atom stereocenters. The van der Waals surface area contributed by atoms with Crippen molar-refractivity contribution in [3.63, 3.8) is 0 Å². The second-order valence-electron chi connectivity index (χ2n) is 2.25. The molecule has 1 N–H and O–H groups in total. The van der Waals surface area contributed by atoms with Crippen molar-refractivity contribution in [2.24, 2.45) is 0 Å². The third-order valence-corrected chi connectivity index (χ3v) is 1.18. The first-order valence-electron chi connectivity index (χ1n) is 3.08. The van der Waals surface area contributed by atoms with Crippen molar-refractivity contribution < 1.29 is 22.7 Å². The van der Waals surface area contributed by atoms with Crippen molar-refractivity contribution in [2.45, 2.75) is 19.2 Å². The summed E-state index contributed by atoms with van der Waals surface area (Å²) in [6, 6.07) is 0. The molecule has 0 amide bonds. The van der Waals surface area contributed by atoms with Crippen LogP contribution in [-0.4, -0.2) is 16.3 Å². The largest absolute Gasteiger partial charge is 0.443 e. The lowest BCUT2D eigenvalue weighted by atomic mass is 10.3. The zero-order valence-electron chi connectivity index (χ0n) is 6.09. The van der Waals surface area contributed by atoms with Crippen LogP contribution in [0, 0.1) is 6.92 Å². The summed E-state index contributed by atoms with van der Waals surface area (Å²) in [5.74, 6) is -0.492. The summed E-state index contributed by atoms with van der Waals surface area (Å²) in [7, 11) is 0. The number of halogens is 3. The Kier molecular flexibility index (Phi) is 2.10. The Hall–Kier alpha value is -1.04. The SMILES string of the molecule is Cc1cnc(C(O)C(F)(F)F)o1. The maximum atomic E-state index is 11.8. The van der Waals surface area contributed by atoms with E-state index in [4.69, 9.17) is 5.11 Å². The van der Waals surface area contributed by atoms with Gasteiger partial charge in [-0.05, 0) is 6.92 Å². The second-order valence-corrected chi connectivity index (χ2v) is 2.25. The molecule has 6 heteroatoms. The van der Waals surface area contributed by atoms with Gasteiger partial charge in [-0.1, -0.05) is 0 Å². The average molecular weight is 181 g/mol. The fourth-order valence-electron chi connectivity index (χ4n) is 0.639. The molecule has 1 heterocycles. The highest BCUT2D eigenvalue weighted by molar-refractivity contribution is 4.95. The lowest BCUT2D eigenvalue weighted by Gasteiger charge is -2.09. The molecule has 12 heavy (non-hydrogen) atoms. The van der Waals surface area contributed by atoms with Crippen LogP contribution in [0.15, 0.2) is 10.6 Å². The number of aryl methyl sites for hydroxylation is 1. The Bertz CT molecular complexity index is 268. The van der Waals surface area contributed by atoms with Crippen LogP contribution in [0.5, 0.6) is 0 Å². The first-order chi connectivity index (χ1) is 5.41. The zero-order chi connectivity index (χ0) is 9.35. The maximum absolute atomic E-state index is 11.8. The van der Waals surface area contributed by atoms with Crippen molar-refractivity contribution in [3.8, 4) is 0 Å². The van der Waals surface area contributed by atoms with Gasteiger partial charge in [0.05, 0.1) is 6.20 Å². The first-order valence-corrected chi connectivity index (χ1v) is 3.08. The Morgan fingerprint density at radius 2 is 2.17 bits per heavy atom. The quantitative estimate of drug-likeness (QED) is 0.715. The molecule has 0 aliphatic rings. The number of nitrogens with zero attached hydrogens (tertiary/aromatic N) is 1. The number of rotatable bonds is 1. The Morgan fingerprint density at radius 3 is 2.50 bits per heavy atom. The van der Waals surface area contributed by atoms with Gasteiger partial charge in [-0.2, -0.15) is 13.2 Å². The van der Waals surface area contributed by atoms with Crippen LogP contribution in [0.4, 0.5) is 13.2 Å². The van der Waals surface area contributed by atoms with Gasteiger partial charge in [0.1, 0.15) is 5.76 Å². The zero-order valence-corrected chi connectivity index (χ0v) is 6.09. The number of aliphatic hydroxyl groups is 1. The van der Waals surface area contributed by atoms with Crippen LogP contribution in [0.25, 0.3) is 0 Å². The predicted molar refractivity (Wildman–Crippen MR) is 32.3 cm³/mol. The summed E-state index contributed by atoms with van der Waals surface area (Å²) in [6.07, 6.45) is -6.24. The average Bonchev–Trinajstić information content (AvgIpc) is 2.32. The third kappa shape index (κ3) is 1.76. The fourth-order valence-corrected chi connectivity index (χ4v) is 0.639. The molecule has 0 aromatic carbocycles. The fraction of sp³-hybridized carbons (Fsp3) is 0.500. The van der Waals surface area contributed by atoms with Gasteiger partial charge in [0.25, 0.3) is 0 Å². The summed E-state index contributed by atoms with van der Waals surface area (Å²) >= 11 is 0. The van der Waals surface area contributed by atoms with E-state index in [1.165, 1.54) is 6.92 Å². The maximum Gasteiger partial charge on any atom is 0.423 e. The number of aromatic nitrogens is 1. The van der Waals surface area contributed by atoms with Crippen LogP contribution in [0.2, 0.25) is 0 Å². The van der Waals surface area contributed by atoms with Gasteiger partial charge in [0.2, 0.25) is 12.0 Å². The van der Waals surface area contributed by atoms with E-state index < -0.39 is 18.2 Å². The molecule has 0 fully saturated rings. The number of hydrogen-bond acceptors (Lipinski definition) is 3. The van der Waals surface area contributed by atoms with E-state index in [0.717, 1.165) is 6.20 Å². The molecule has 1 aromatic rings. The van der Waals surface area contributed by atoms with E-state index in [2.05, 4.69) is 9.40 Å². The minimum atomic E-state index is -4.72. The third-order valence-electron chi connectivity index (χ3n) is 1.18. The van der Waals surface area contributed by atoms with Gasteiger partial charge in [-0.3, -0.25) is 0 Å². The number of aliphatic hydroxyl groups excluding tert-OH is 1. The predicted octanol–water partition coefficient (Wildman–Crippen LogP) is 1.58. The van der Waals surface area contributed by atoms with E-state index in [9.17, 15) is 13.2 Å². The van der Waals surface area contributed by atoms with E-state index in [-0.39, 0.29) is 5.76 Å². The topological polar surface area (TPSA) is 46.3 Å². The number of hydrogen-bond donors (Lipinski definition) is 1. The molecule has 0 aliphatic heterocycles. The van der Waals surface area contributed by atoms with Crippen LogP contribution >= 0.6 is 0 Å². The van der Waals surface area contributed by atoms with Crippen molar-refractivity contribution in [3.05, 3.63) is 17.8 Å². The summed E-state index contributed by atoms with van der Waals surface area (Å²) in [4.78, 5) is 3.25. The van der Waals surface area contributed by atoms with Crippen LogP contribution in [0.3, 0.4) is 0 Å². The van der Waals surface area contributed by atoms with E-state index in [1.807, 2.05) is 0 Å². The van der Waals surface area contributed by atoms with Crippen molar-refractivity contribution >= 4 is 0 Å². The standard InChI is InChI=1S/C6H6F3NO2/c1-3-2-10-5(12-3)4(11)6(7,8)9/h2,4,11H,1H3. The molecule has 1 aromatic heterocycles. The van der Waals surface area contributed by atoms with Crippen molar-refractivity contribution in [1.29, 1.82) is 0 Å². The lowest BCUT2D eigenvalue weighted by molar-refractivity contribution is -0.213. The van der Waals surface area contributed by atoms with Crippen LogP contribution < -0.4 is 0 Å². The molecular weight excluding hydrogens is 175 g/mol. The Morgan fingerprint density at radius 1 is 1.58 bits per heavy atom. The molecule has 0 aliphatic carbocycles. The normalized spacial score (nSPS) is 14.8. The van der Waals surface area contributed by atoms with Crippen molar-refractivity contribution in [2.75, 3.05) is 0 Å². The molecule has 0 saturated heterocycles. The highest BCUT2D eigenvalue weighted by Crippen LogP contribution is 2.31. The molecule has 3 nitrogen and oxygen atoms in total. The van der Waals surface area contributed by atoms with Gasteiger partial charge in [0, 0.05) is 0 Å². The molecule has 68 valence electrons. The molecule has 0 saturated carbocycles. The highest BCUT2D eigenvalue weighted by Gasteiger charge is 2.42. The minimum Gasteiger partial charge on any atom is -0.443 e. The second kappa shape index (κ2) is 2.78. The molecule has 0 bridgehead atoms. The summed E-state index contributed by atoms with van der Waals surface area (Å²) in [5.41, 5.74) is 0. The Balaban J connectivity index is 2.85. The molecule has 1 rings (SSSR count). The number of oxazole rings is 1. The number of alkyl halides is 3.